The van der Waals surface area contributed by atoms with Gasteiger partial charge in [0.2, 0.25) is 5.91 Å². The molecule has 1 aliphatic carbocycles. The zero-order chi connectivity index (χ0) is 21.8. The summed E-state index contributed by atoms with van der Waals surface area (Å²) in [5.74, 6) is -0.950. The van der Waals surface area contributed by atoms with Gasteiger partial charge in [-0.15, -0.1) is 0 Å². The van der Waals surface area contributed by atoms with Crippen LogP contribution in [0, 0.1) is 12.8 Å². The lowest BCUT2D eigenvalue weighted by Crippen LogP contribution is -2.35. The Morgan fingerprint density at radius 1 is 1.13 bits per heavy atom. The number of hydrogen-bond acceptors (Lipinski definition) is 7. The Kier molecular flexibility index (Phi) is 6.87. The Labute approximate surface area is 179 Å². The second kappa shape index (κ2) is 9.38. The van der Waals surface area contributed by atoms with Gasteiger partial charge in [-0.25, -0.2) is 14.8 Å². The Morgan fingerprint density at radius 3 is 2.43 bits per heavy atom. The lowest BCUT2D eigenvalue weighted by atomic mass is 9.87. The highest BCUT2D eigenvalue weighted by atomic mass is 35.5. The highest BCUT2D eigenvalue weighted by Gasteiger charge is 2.27. The van der Waals surface area contributed by atoms with Crippen LogP contribution >= 0.6 is 11.6 Å². The molecular formula is C21H24ClN3O5. The van der Waals surface area contributed by atoms with E-state index in [4.69, 9.17) is 21.1 Å². The van der Waals surface area contributed by atoms with Gasteiger partial charge in [-0.05, 0) is 50.3 Å². The largest absolute Gasteiger partial charge is 0.465 e. The Bertz CT molecular complexity index is 986. The number of halogens is 1. The van der Waals surface area contributed by atoms with Crippen LogP contribution in [0.4, 0.5) is 0 Å². The fraction of sp³-hybridized carbons (Fsp3) is 0.476. The number of esters is 2. The first kappa shape index (κ1) is 22.0. The average Bonchev–Trinajstić information content (AvgIpc) is 2.71. The third-order valence-corrected chi connectivity index (χ3v) is 5.55. The molecule has 0 aliphatic heterocycles. The Morgan fingerprint density at radius 2 is 1.80 bits per heavy atom. The monoisotopic (exact) mass is 433 g/mol. The number of carbonyl (C=O) groups is 3. The van der Waals surface area contributed by atoms with Gasteiger partial charge in [-0.3, -0.25) is 9.59 Å². The summed E-state index contributed by atoms with van der Waals surface area (Å²) >= 11 is 6.26. The van der Waals surface area contributed by atoms with E-state index >= 15 is 0 Å². The van der Waals surface area contributed by atoms with E-state index in [0.717, 1.165) is 0 Å². The van der Waals surface area contributed by atoms with Gasteiger partial charge in [0.25, 0.3) is 0 Å². The number of benzene rings is 1. The summed E-state index contributed by atoms with van der Waals surface area (Å²) in [7, 11) is 1.32. The van der Waals surface area contributed by atoms with Crippen LogP contribution in [0.15, 0.2) is 12.1 Å². The second-order valence-electron chi connectivity index (χ2n) is 7.41. The predicted octanol–water partition coefficient (Wildman–Crippen LogP) is 3.12. The van der Waals surface area contributed by atoms with Crippen LogP contribution in [-0.4, -0.2) is 41.0 Å². The molecule has 2 aromatic rings. The Balaban J connectivity index is 1.66. The molecule has 3 rings (SSSR count). The lowest BCUT2D eigenvalue weighted by molar-refractivity contribution is -0.148. The maximum absolute atomic E-state index is 12.5. The number of ether oxygens (including phenoxy) is 2. The SMILES string of the molecule is COC(=O)c1cc2nc(Cl)c(CNC(=O)C3CCC(OC(C)=O)CC3)nc2cc1C. The van der Waals surface area contributed by atoms with Crippen molar-refractivity contribution in [3.05, 3.63) is 34.1 Å². The molecule has 1 N–H and O–H groups in total. The predicted molar refractivity (Wildman–Crippen MR) is 110 cm³/mol. The first-order valence-electron chi connectivity index (χ1n) is 9.78. The number of nitrogens with zero attached hydrogens (tertiary/aromatic N) is 2. The van der Waals surface area contributed by atoms with Crippen molar-refractivity contribution in [1.82, 2.24) is 15.3 Å². The summed E-state index contributed by atoms with van der Waals surface area (Å²) < 4.78 is 9.99. The number of fused-ring (bicyclic) bond motifs is 1. The summed E-state index contributed by atoms with van der Waals surface area (Å²) in [4.78, 5) is 44.2. The van der Waals surface area contributed by atoms with E-state index in [1.807, 2.05) is 0 Å². The molecule has 1 heterocycles. The number of amides is 1. The van der Waals surface area contributed by atoms with Gasteiger partial charge in [0, 0.05) is 12.8 Å². The van der Waals surface area contributed by atoms with Crippen molar-refractivity contribution in [3.63, 3.8) is 0 Å². The summed E-state index contributed by atoms with van der Waals surface area (Å²) in [5.41, 5.74) is 2.63. The van der Waals surface area contributed by atoms with Gasteiger partial charge >= 0.3 is 11.9 Å². The van der Waals surface area contributed by atoms with Crippen molar-refractivity contribution in [3.8, 4) is 0 Å². The van der Waals surface area contributed by atoms with Gasteiger partial charge in [0.1, 0.15) is 6.10 Å². The molecule has 1 aromatic heterocycles. The molecule has 1 amide bonds. The number of aryl methyl sites for hydroxylation is 1. The van der Waals surface area contributed by atoms with Crippen LogP contribution in [0.5, 0.6) is 0 Å². The standard InChI is InChI=1S/C21H24ClN3O5/c1-11-8-16-17(9-15(11)21(28)29-3)25-19(22)18(24-16)10-23-20(27)13-4-6-14(7-5-13)30-12(2)26/h8-9,13-14H,4-7,10H2,1-3H3,(H,23,27). The van der Waals surface area contributed by atoms with Crippen LogP contribution in [0.2, 0.25) is 5.15 Å². The average molecular weight is 434 g/mol. The highest BCUT2D eigenvalue weighted by Crippen LogP contribution is 2.27. The molecule has 0 spiro atoms. The fourth-order valence-electron chi connectivity index (χ4n) is 3.66. The quantitative estimate of drug-likeness (QED) is 0.721. The van der Waals surface area contributed by atoms with Gasteiger partial charge in [-0.2, -0.15) is 0 Å². The van der Waals surface area contributed by atoms with Crippen molar-refractivity contribution in [2.45, 2.75) is 52.2 Å². The van der Waals surface area contributed by atoms with E-state index in [2.05, 4.69) is 15.3 Å². The molecule has 1 saturated carbocycles. The molecule has 0 unspecified atom stereocenters. The summed E-state index contributed by atoms with van der Waals surface area (Å²) in [6.45, 7) is 3.34. The normalized spacial score (nSPS) is 18.7. The lowest BCUT2D eigenvalue weighted by Gasteiger charge is -2.27. The minimum absolute atomic E-state index is 0.0774. The number of methoxy groups -OCH3 is 1. The summed E-state index contributed by atoms with van der Waals surface area (Å²) in [6, 6.07) is 3.34. The number of carbonyl (C=O) groups excluding carboxylic acids is 3. The molecule has 1 aromatic carbocycles. The first-order valence-corrected chi connectivity index (χ1v) is 10.2. The van der Waals surface area contributed by atoms with E-state index in [1.54, 1.807) is 19.1 Å². The molecule has 8 nitrogen and oxygen atoms in total. The van der Waals surface area contributed by atoms with Crippen LogP contribution in [0.1, 0.15) is 54.2 Å². The van der Waals surface area contributed by atoms with E-state index in [9.17, 15) is 14.4 Å². The van der Waals surface area contributed by atoms with Crippen molar-refractivity contribution in [1.29, 1.82) is 0 Å². The molecule has 9 heteroatoms. The minimum atomic E-state index is -0.452. The van der Waals surface area contributed by atoms with E-state index in [-0.39, 0.29) is 35.6 Å². The minimum Gasteiger partial charge on any atom is -0.465 e. The third kappa shape index (κ3) is 5.05. The topological polar surface area (TPSA) is 107 Å². The van der Waals surface area contributed by atoms with Crippen LogP contribution in [0.3, 0.4) is 0 Å². The third-order valence-electron chi connectivity index (χ3n) is 5.25. The molecule has 1 aliphatic rings. The highest BCUT2D eigenvalue weighted by molar-refractivity contribution is 6.30. The molecule has 0 bridgehead atoms. The van der Waals surface area contributed by atoms with Crippen LogP contribution < -0.4 is 5.32 Å². The van der Waals surface area contributed by atoms with Crippen molar-refractivity contribution < 1.29 is 23.9 Å². The molecular weight excluding hydrogens is 410 g/mol. The van der Waals surface area contributed by atoms with E-state index in [1.165, 1.54) is 14.0 Å². The van der Waals surface area contributed by atoms with Gasteiger partial charge in [-0.1, -0.05) is 11.6 Å². The van der Waals surface area contributed by atoms with Gasteiger partial charge in [0.05, 0.1) is 35.9 Å². The number of nitrogens with one attached hydrogen (secondary N) is 1. The van der Waals surface area contributed by atoms with Crippen molar-refractivity contribution in [2.24, 2.45) is 5.92 Å². The van der Waals surface area contributed by atoms with Gasteiger partial charge in [0.15, 0.2) is 5.15 Å². The van der Waals surface area contributed by atoms with E-state index < -0.39 is 5.97 Å². The van der Waals surface area contributed by atoms with Crippen LogP contribution in [-0.2, 0) is 25.6 Å². The van der Waals surface area contributed by atoms with Crippen LogP contribution in [0.25, 0.3) is 11.0 Å². The second-order valence-corrected chi connectivity index (χ2v) is 7.77. The fourth-order valence-corrected chi connectivity index (χ4v) is 3.86. The molecule has 0 saturated heterocycles. The number of rotatable bonds is 5. The van der Waals surface area contributed by atoms with E-state index in [0.29, 0.717) is 53.5 Å². The molecule has 1 fully saturated rings. The molecule has 0 radical (unpaired) electrons. The maximum Gasteiger partial charge on any atom is 0.338 e. The summed E-state index contributed by atoms with van der Waals surface area (Å²) in [5, 5.41) is 3.04. The molecule has 160 valence electrons. The number of aromatic nitrogens is 2. The van der Waals surface area contributed by atoms with Gasteiger partial charge < -0.3 is 14.8 Å². The molecule has 30 heavy (non-hydrogen) atoms. The number of hydrogen-bond donors (Lipinski definition) is 1. The molecule has 0 atom stereocenters. The van der Waals surface area contributed by atoms with Crippen molar-refractivity contribution in [2.75, 3.05) is 7.11 Å². The Hall–Kier alpha value is -2.74. The first-order chi connectivity index (χ1) is 14.3. The smallest absolute Gasteiger partial charge is 0.338 e. The zero-order valence-electron chi connectivity index (χ0n) is 17.2. The maximum atomic E-state index is 12.5. The summed E-state index contributed by atoms with van der Waals surface area (Å²) in [6.07, 6.45) is 2.57. The zero-order valence-corrected chi connectivity index (χ0v) is 17.9. The van der Waals surface area contributed by atoms with Crippen molar-refractivity contribution >= 4 is 40.5 Å².